The number of benzene rings is 1. The summed E-state index contributed by atoms with van der Waals surface area (Å²) in [7, 11) is 1.99. The fourth-order valence-corrected chi connectivity index (χ4v) is 3.04. The van der Waals surface area contributed by atoms with Gasteiger partial charge in [0.05, 0.1) is 0 Å². The van der Waals surface area contributed by atoms with Crippen LogP contribution in [0.25, 0.3) is 0 Å². The van der Waals surface area contributed by atoms with Gasteiger partial charge in [-0.15, -0.1) is 0 Å². The molecule has 3 heteroatoms. The van der Waals surface area contributed by atoms with Gasteiger partial charge in [-0.25, -0.2) is 0 Å². The first-order chi connectivity index (χ1) is 7.88. The van der Waals surface area contributed by atoms with Gasteiger partial charge in [0.15, 0.2) is 0 Å². The standard InChI is InChI=1S/C13H20N2S/c1-14-10-12-3-2-4-13(9-12)11-15-5-7-16-8-6-15/h2-4,9,14H,5-8,10-11H2,1H3. The van der Waals surface area contributed by atoms with Crippen molar-refractivity contribution in [3.05, 3.63) is 35.4 Å². The molecule has 1 N–H and O–H groups in total. The van der Waals surface area contributed by atoms with Gasteiger partial charge in [0, 0.05) is 37.7 Å². The molecule has 88 valence electrons. The quantitative estimate of drug-likeness (QED) is 0.860. The van der Waals surface area contributed by atoms with E-state index in [1.165, 1.54) is 35.7 Å². The molecular formula is C13H20N2S. The summed E-state index contributed by atoms with van der Waals surface area (Å²) in [5.74, 6) is 2.58. The summed E-state index contributed by atoms with van der Waals surface area (Å²) in [6, 6.07) is 8.91. The molecule has 1 aliphatic heterocycles. The van der Waals surface area contributed by atoms with E-state index in [1.807, 2.05) is 7.05 Å². The van der Waals surface area contributed by atoms with E-state index in [-0.39, 0.29) is 0 Å². The molecule has 1 aromatic rings. The summed E-state index contributed by atoms with van der Waals surface area (Å²) >= 11 is 2.07. The number of nitrogens with one attached hydrogen (secondary N) is 1. The van der Waals surface area contributed by atoms with E-state index in [9.17, 15) is 0 Å². The molecule has 0 aromatic heterocycles. The minimum absolute atomic E-state index is 0.962. The Bertz CT molecular complexity index is 321. The Kier molecular flexibility index (Phi) is 4.69. The van der Waals surface area contributed by atoms with Crippen molar-refractivity contribution >= 4 is 11.8 Å². The van der Waals surface area contributed by atoms with E-state index in [1.54, 1.807) is 0 Å². The van der Waals surface area contributed by atoms with Crippen LogP contribution in [0.5, 0.6) is 0 Å². The normalized spacial score (nSPS) is 17.6. The minimum atomic E-state index is 0.962. The fraction of sp³-hybridized carbons (Fsp3) is 0.538. The minimum Gasteiger partial charge on any atom is -0.316 e. The van der Waals surface area contributed by atoms with Crippen LogP contribution in [0.3, 0.4) is 0 Å². The molecule has 0 bridgehead atoms. The monoisotopic (exact) mass is 236 g/mol. The second kappa shape index (κ2) is 6.28. The van der Waals surface area contributed by atoms with Gasteiger partial charge in [-0.05, 0) is 18.2 Å². The largest absolute Gasteiger partial charge is 0.316 e. The molecule has 0 radical (unpaired) electrons. The summed E-state index contributed by atoms with van der Waals surface area (Å²) in [5.41, 5.74) is 2.83. The van der Waals surface area contributed by atoms with Gasteiger partial charge < -0.3 is 5.32 Å². The zero-order valence-electron chi connectivity index (χ0n) is 9.91. The van der Waals surface area contributed by atoms with Crippen molar-refractivity contribution in [2.45, 2.75) is 13.1 Å². The molecule has 1 saturated heterocycles. The third-order valence-corrected chi connectivity index (χ3v) is 3.82. The van der Waals surface area contributed by atoms with Crippen LogP contribution in [0.15, 0.2) is 24.3 Å². The van der Waals surface area contributed by atoms with Crippen LogP contribution in [0.2, 0.25) is 0 Å². The van der Waals surface area contributed by atoms with Crippen molar-refractivity contribution in [2.24, 2.45) is 0 Å². The predicted molar refractivity (Wildman–Crippen MR) is 71.8 cm³/mol. The SMILES string of the molecule is CNCc1cccc(CN2CCSCC2)c1. The second-order valence-electron chi connectivity index (χ2n) is 4.24. The summed E-state index contributed by atoms with van der Waals surface area (Å²) in [5, 5.41) is 3.20. The molecule has 1 aliphatic rings. The number of nitrogens with zero attached hydrogens (tertiary/aromatic N) is 1. The first-order valence-electron chi connectivity index (χ1n) is 5.91. The van der Waals surface area contributed by atoms with Gasteiger partial charge >= 0.3 is 0 Å². The second-order valence-corrected chi connectivity index (χ2v) is 5.46. The van der Waals surface area contributed by atoms with Crippen molar-refractivity contribution in [1.29, 1.82) is 0 Å². The first kappa shape index (κ1) is 12.0. The van der Waals surface area contributed by atoms with Crippen molar-refractivity contribution in [1.82, 2.24) is 10.2 Å². The van der Waals surface area contributed by atoms with Crippen LogP contribution < -0.4 is 5.32 Å². The van der Waals surface area contributed by atoms with Crippen LogP contribution in [0.1, 0.15) is 11.1 Å². The predicted octanol–water partition coefficient (Wildman–Crippen LogP) is 1.95. The third kappa shape index (κ3) is 3.51. The summed E-state index contributed by atoms with van der Waals surface area (Å²) in [6.07, 6.45) is 0. The highest BCUT2D eigenvalue weighted by molar-refractivity contribution is 7.99. The fourth-order valence-electron chi connectivity index (χ4n) is 2.06. The van der Waals surface area contributed by atoms with E-state index in [0.717, 1.165) is 13.1 Å². The Balaban J connectivity index is 1.94. The maximum atomic E-state index is 3.20. The van der Waals surface area contributed by atoms with Crippen LogP contribution in [0, 0.1) is 0 Å². The summed E-state index contributed by atoms with van der Waals surface area (Å²) in [6.45, 7) is 4.55. The van der Waals surface area contributed by atoms with E-state index in [0.29, 0.717) is 0 Å². The van der Waals surface area contributed by atoms with Gasteiger partial charge in [0.2, 0.25) is 0 Å². The topological polar surface area (TPSA) is 15.3 Å². The average molecular weight is 236 g/mol. The number of thioether (sulfide) groups is 1. The smallest absolute Gasteiger partial charge is 0.0234 e. The molecule has 0 saturated carbocycles. The molecule has 0 spiro atoms. The molecule has 1 aromatic carbocycles. The van der Waals surface area contributed by atoms with E-state index < -0.39 is 0 Å². The van der Waals surface area contributed by atoms with Crippen LogP contribution in [-0.2, 0) is 13.1 Å². The summed E-state index contributed by atoms with van der Waals surface area (Å²) < 4.78 is 0. The zero-order valence-corrected chi connectivity index (χ0v) is 10.7. The highest BCUT2D eigenvalue weighted by Crippen LogP contribution is 2.13. The number of hydrogen-bond donors (Lipinski definition) is 1. The number of rotatable bonds is 4. The van der Waals surface area contributed by atoms with Crippen LogP contribution in [0.4, 0.5) is 0 Å². The van der Waals surface area contributed by atoms with Crippen molar-refractivity contribution in [2.75, 3.05) is 31.6 Å². The molecule has 1 fully saturated rings. The molecule has 0 amide bonds. The molecule has 2 nitrogen and oxygen atoms in total. The maximum Gasteiger partial charge on any atom is 0.0234 e. The highest BCUT2D eigenvalue weighted by atomic mass is 32.2. The Labute approximate surface area is 102 Å². The zero-order chi connectivity index (χ0) is 11.2. The molecule has 0 atom stereocenters. The van der Waals surface area contributed by atoms with Gasteiger partial charge in [-0.1, -0.05) is 24.3 Å². The molecular weight excluding hydrogens is 216 g/mol. The molecule has 0 unspecified atom stereocenters. The Morgan fingerprint density at radius 2 is 2.00 bits per heavy atom. The van der Waals surface area contributed by atoms with Crippen molar-refractivity contribution in [3.63, 3.8) is 0 Å². The molecule has 16 heavy (non-hydrogen) atoms. The molecule has 2 rings (SSSR count). The van der Waals surface area contributed by atoms with E-state index in [2.05, 4.69) is 46.2 Å². The van der Waals surface area contributed by atoms with E-state index in [4.69, 9.17) is 0 Å². The lowest BCUT2D eigenvalue weighted by Crippen LogP contribution is -2.31. The maximum absolute atomic E-state index is 3.20. The third-order valence-electron chi connectivity index (χ3n) is 2.88. The van der Waals surface area contributed by atoms with Crippen LogP contribution >= 0.6 is 11.8 Å². The average Bonchev–Trinajstić information content (AvgIpc) is 2.31. The lowest BCUT2D eigenvalue weighted by molar-refractivity contribution is 0.294. The van der Waals surface area contributed by atoms with Crippen LogP contribution in [-0.4, -0.2) is 36.5 Å². The molecule has 0 aliphatic carbocycles. The van der Waals surface area contributed by atoms with Gasteiger partial charge in [0.25, 0.3) is 0 Å². The van der Waals surface area contributed by atoms with E-state index >= 15 is 0 Å². The highest BCUT2D eigenvalue weighted by Gasteiger charge is 2.10. The van der Waals surface area contributed by atoms with Gasteiger partial charge in [-0.2, -0.15) is 11.8 Å². The Hall–Kier alpha value is -0.510. The first-order valence-corrected chi connectivity index (χ1v) is 7.06. The molecule has 1 heterocycles. The van der Waals surface area contributed by atoms with Gasteiger partial charge in [-0.3, -0.25) is 4.90 Å². The lowest BCUT2D eigenvalue weighted by Gasteiger charge is -2.26. The Morgan fingerprint density at radius 3 is 2.75 bits per heavy atom. The lowest BCUT2D eigenvalue weighted by atomic mass is 10.1. The van der Waals surface area contributed by atoms with Crippen molar-refractivity contribution < 1.29 is 0 Å². The Morgan fingerprint density at radius 1 is 1.25 bits per heavy atom. The van der Waals surface area contributed by atoms with Crippen molar-refractivity contribution in [3.8, 4) is 0 Å². The number of hydrogen-bond acceptors (Lipinski definition) is 3. The van der Waals surface area contributed by atoms with Gasteiger partial charge in [0.1, 0.15) is 0 Å². The summed E-state index contributed by atoms with van der Waals surface area (Å²) in [4.78, 5) is 2.55.